The minimum atomic E-state index is -0.248. The number of aromatic nitrogens is 4. The van der Waals surface area contributed by atoms with Gasteiger partial charge >= 0.3 is 5.97 Å². The number of esters is 1. The molecule has 0 saturated carbocycles. The van der Waals surface area contributed by atoms with Gasteiger partial charge in [0.1, 0.15) is 12.6 Å². The van der Waals surface area contributed by atoms with Crippen LogP contribution in [0.4, 0.5) is 0 Å². The molecule has 0 bridgehead atoms. The van der Waals surface area contributed by atoms with Gasteiger partial charge in [-0.15, -0.1) is 0 Å². The molecule has 0 atom stereocenters. The lowest BCUT2D eigenvalue weighted by Gasteiger charge is -1.98. The van der Waals surface area contributed by atoms with E-state index in [0.29, 0.717) is 13.0 Å². The van der Waals surface area contributed by atoms with Crippen LogP contribution < -0.4 is 21.7 Å². The predicted octanol–water partition coefficient (Wildman–Crippen LogP) is -2.61. The van der Waals surface area contributed by atoms with Gasteiger partial charge in [-0.3, -0.25) is 14.8 Å². The van der Waals surface area contributed by atoms with Crippen LogP contribution in [0.5, 0.6) is 0 Å². The SMILES string of the molecule is COC(=O)CC[n+]1ccc(-c2cnccn2)cn1.[Br-]. The fourth-order valence-corrected chi connectivity index (χ4v) is 1.42. The Morgan fingerprint density at radius 1 is 1.37 bits per heavy atom. The van der Waals surface area contributed by atoms with Gasteiger partial charge in [-0.05, 0) is 5.10 Å². The Bertz CT molecular complexity index is 519. The smallest absolute Gasteiger partial charge is 0.312 e. The highest BCUT2D eigenvalue weighted by Crippen LogP contribution is 2.11. The molecule has 19 heavy (non-hydrogen) atoms. The molecule has 0 aliphatic heterocycles. The highest BCUT2D eigenvalue weighted by Gasteiger charge is 2.08. The zero-order valence-corrected chi connectivity index (χ0v) is 11.9. The second kappa shape index (κ2) is 7.52. The van der Waals surface area contributed by atoms with E-state index >= 15 is 0 Å². The molecule has 0 aliphatic carbocycles. The molecule has 0 aliphatic rings. The fraction of sp³-hybridized carbons (Fsp3) is 0.250. The molecule has 7 heteroatoms. The minimum absolute atomic E-state index is 0. The Hall–Kier alpha value is -1.89. The molecule has 0 radical (unpaired) electrons. The Labute approximate surface area is 121 Å². The van der Waals surface area contributed by atoms with Crippen LogP contribution in [0.2, 0.25) is 0 Å². The quantitative estimate of drug-likeness (QED) is 0.455. The van der Waals surface area contributed by atoms with Crippen molar-refractivity contribution in [2.24, 2.45) is 0 Å². The summed E-state index contributed by atoms with van der Waals surface area (Å²) in [6.07, 6.45) is 8.73. The summed E-state index contributed by atoms with van der Waals surface area (Å²) < 4.78 is 6.24. The van der Waals surface area contributed by atoms with E-state index < -0.39 is 0 Å². The molecule has 6 nitrogen and oxygen atoms in total. The first kappa shape index (κ1) is 15.2. The normalized spacial score (nSPS) is 9.53. The lowest BCUT2D eigenvalue weighted by atomic mass is 10.2. The molecule has 2 rings (SSSR count). The molecule has 0 spiro atoms. The zero-order chi connectivity index (χ0) is 12.8. The molecular formula is C12H13BrN4O2. The Balaban J connectivity index is 0.00000180. The second-order valence-electron chi connectivity index (χ2n) is 3.60. The summed E-state index contributed by atoms with van der Waals surface area (Å²) in [5.74, 6) is -0.248. The summed E-state index contributed by atoms with van der Waals surface area (Å²) in [6, 6.07) is 1.88. The molecule has 0 fully saturated rings. The zero-order valence-electron chi connectivity index (χ0n) is 10.4. The van der Waals surface area contributed by atoms with Crippen molar-refractivity contribution in [3.05, 3.63) is 37.1 Å². The number of carbonyl (C=O) groups excluding carboxylic acids is 1. The third kappa shape index (κ3) is 4.36. The lowest BCUT2D eigenvalue weighted by molar-refractivity contribution is -0.752. The number of hydrogen-bond donors (Lipinski definition) is 0. The molecule has 0 N–H and O–H groups in total. The van der Waals surface area contributed by atoms with Crippen molar-refractivity contribution in [3.8, 4) is 11.3 Å². The van der Waals surface area contributed by atoms with Gasteiger partial charge in [0.2, 0.25) is 0 Å². The third-order valence-electron chi connectivity index (χ3n) is 2.40. The first-order valence-electron chi connectivity index (χ1n) is 5.48. The number of aryl methyl sites for hydroxylation is 1. The minimum Gasteiger partial charge on any atom is -1.00 e. The van der Waals surface area contributed by atoms with E-state index in [1.54, 1.807) is 35.7 Å². The van der Waals surface area contributed by atoms with Crippen molar-refractivity contribution in [3.63, 3.8) is 0 Å². The molecular weight excluding hydrogens is 312 g/mol. The average Bonchev–Trinajstić information content (AvgIpc) is 2.46. The van der Waals surface area contributed by atoms with Crippen LogP contribution in [0.15, 0.2) is 37.1 Å². The number of ether oxygens (including phenoxy) is 1. The van der Waals surface area contributed by atoms with Crippen LogP contribution in [0.3, 0.4) is 0 Å². The van der Waals surface area contributed by atoms with E-state index in [1.807, 2.05) is 6.07 Å². The van der Waals surface area contributed by atoms with Crippen LogP contribution in [-0.4, -0.2) is 28.1 Å². The second-order valence-corrected chi connectivity index (χ2v) is 3.60. The van der Waals surface area contributed by atoms with E-state index in [2.05, 4.69) is 19.8 Å². The Morgan fingerprint density at radius 2 is 2.21 bits per heavy atom. The molecule has 0 amide bonds. The van der Waals surface area contributed by atoms with Crippen LogP contribution in [0.25, 0.3) is 11.3 Å². The fourth-order valence-electron chi connectivity index (χ4n) is 1.42. The van der Waals surface area contributed by atoms with Crippen LogP contribution in [-0.2, 0) is 16.1 Å². The molecule has 0 unspecified atom stereocenters. The summed E-state index contributed by atoms with van der Waals surface area (Å²) in [7, 11) is 1.37. The summed E-state index contributed by atoms with van der Waals surface area (Å²) in [5.41, 5.74) is 1.66. The van der Waals surface area contributed by atoms with E-state index in [1.165, 1.54) is 7.11 Å². The van der Waals surface area contributed by atoms with Gasteiger partial charge in [0.05, 0.1) is 19.0 Å². The van der Waals surface area contributed by atoms with E-state index in [0.717, 1.165) is 11.3 Å². The van der Waals surface area contributed by atoms with Crippen molar-refractivity contribution < 1.29 is 31.2 Å². The van der Waals surface area contributed by atoms with Crippen molar-refractivity contribution >= 4 is 5.97 Å². The van der Waals surface area contributed by atoms with Gasteiger partial charge in [-0.25, -0.2) is 0 Å². The summed E-state index contributed by atoms with van der Waals surface area (Å²) in [4.78, 5) is 19.2. The molecule has 100 valence electrons. The maximum atomic E-state index is 11.0. The van der Waals surface area contributed by atoms with Crippen molar-refractivity contribution in [1.82, 2.24) is 15.1 Å². The maximum Gasteiger partial charge on any atom is 0.312 e. The first-order chi connectivity index (χ1) is 8.79. The molecule has 2 aromatic rings. The van der Waals surface area contributed by atoms with Crippen molar-refractivity contribution in [1.29, 1.82) is 0 Å². The standard InChI is InChI=1S/C12H13N4O2.BrH/c1-18-12(17)3-7-16-6-2-10(8-15-16)11-9-13-4-5-14-11;/h2,4-6,8-9H,3,7H2,1H3;1H/q+1;/p-1. The van der Waals surface area contributed by atoms with Crippen molar-refractivity contribution in [2.45, 2.75) is 13.0 Å². The van der Waals surface area contributed by atoms with Crippen LogP contribution in [0.1, 0.15) is 6.42 Å². The lowest BCUT2D eigenvalue weighted by Crippen LogP contribution is -3.00. The van der Waals surface area contributed by atoms with Gasteiger partial charge < -0.3 is 21.7 Å². The topological polar surface area (TPSA) is 68.8 Å². The summed E-state index contributed by atoms with van der Waals surface area (Å²) >= 11 is 0. The molecule has 2 aromatic heterocycles. The molecule has 2 heterocycles. The van der Waals surface area contributed by atoms with Crippen molar-refractivity contribution in [2.75, 3.05) is 7.11 Å². The highest BCUT2D eigenvalue weighted by atomic mass is 79.9. The molecule has 0 saturated heterocycles. The highest BCUT2D eigenvalue weighted by molar-refractivity contribution is 5.68. The van der Waals surface area contributed by atoms with E-state index in [-0.39, 0.29) is 23.0 Å². The first-order valence-corrected chi connectivity index (χ1v) is 5.48. The maximum absolute atomic E-state index is 11.0. The van der Waals surface area contributed by atoms with Gasteiger partial charge in [-0.2, -0.15) is 0 Å². The summed E-state index contributed by atoms with van der Waals surface area (Å²) in [5, 5.41) is 4.20. The molecule has 0 aromatic carbocycles. The average molecular weight is 325 g/mol. The summed E-state index contributed by atoms with van der Waals surface area (Å²) in [6.45, 7) is 0.493. The van der Waals surface area contributed by atoms with E-state index in [9.17, 15) is 4.79 Å². The number of rotatable bonds is 4. The van der Waals surface area contributed by atoms with Gasteiger partial charge in [0.15, 0.2) is 12.7 Å². The monoisotopic (exact) mass is 324 g/mol. The Kier molecular flexibility index (Phi) is 6.01. The van der Waals surface area contributed by atoms with Gasteiger partial charge in [-0.1, -0.05) is 4.68 Å². The number of nitrogens with zero attached hydrogens (tertiary/aromatic N) is 4. The number of halogens is 1. The Morgan fingerprint density at radius 3 is 2.79 bits per heavy atom. The third-order valence-corrected chi connectivity index (χ3v) is 2.40. The van der Waals surface area contributed by atoms with Gasteiger partial charge in [0, 0.05) is 24.0 Å². The largest absolute Gasteiger partial charge is 1.00 e. The van der Waals surface area contributed by atoms with Crippen LogP contribution in [0, 0.1) is 0 Å². The number of carbonyl (C=O) groups is 1. The van der Waals surface area contributed by atoms with Crippen LogP contribution >= 0.6 is 0 Å². The number of methoxy groups -OCH3 is 1. The van der Waals surface area contributed by atoms with E-state index in [4.69, 9.17) is 0 Å². The number of hydrogen-bond acceptors (Lipinski definition) is 5. The predicted molar refractivity (Wildman–Crippen MR) is 62.1 cm³/mol. The van der Waals surface area contributed by atoms with Gasteiger partial charge in [0.25, 0.3) is 0 Å².